The van der Waals surface area contributed by atoms with Crippen LogP contribution in [0.1, 0.15) is 35.9 Å². The number of benzene rings is 1. The van der Waals surface area contributed by atoms with Crippen molar-refractivity contribution in [1.29, 1.82) is 0 Å². The zero-order valence-corrected chi connectivity index (χ0v) is 13.4. The van der Waals surface area contributed by atoms with Crippen LogP contribution in [0.4, 0.5) is 10.5 Å². The number of hydrogen-bond acceptors (Lipinski definition) is 3. The number of carbonyl (C=O) groups is 1. The highest BCUT2D eigenvalue weighted by atomic mass is 35.5. The summed E-state index contributed by atoms with van der Waals surface area (Å²) in [4.78, 5) is 14.4. The van der Waals surface area contributed by atoms with Gasteiger partial charge in [-0.1, -0.05) is 22.8 Å². The average Bonchev–Trinajstić information content (AvgIpc) is 3.12. The summed E-state index contributed by atoms with van der Waals surface area (Å²) in [6.45, 7) is 4.47. The van der Waals surface area contributed by atoms with Gasteiger partial charge in [0.1, 0.15) is 0 Å². The number of aromatic nitrogens is 1. The van der Waals surface area contributed by atoms with E-state index in [-0.39, 0.29) is 12.1 Å². The Morgan fingerprint density at radius 3 is 3.00 bits per heavy atom. The fourth-order valence-corrected chi connectivity index (χ4v) is 2.95. The topological polar surface area (TPSA) is 58.4 Å². The molecule has 22 heavy (non-hydrogen) atoms. The van der Waals surface area contributed by atoms with Crippen molar-refractivity contribution in [1.82, 2.24) is 10.1 Å². The minimum absolute atomic E-state index is 0.0549. The number of nitrogens with zero attached hydrogens (tertiary/aromatic N) is 2. The van der Waals surface area contributed by atoms with Gasteiger partial charge in [-0.05, 0) is 44.4 Å². The number of amides is 2. The molecule has 0 saturated carbocycles. The van der Waals surface area contributed by atoms with E-state index in [2.05, 4.69) is 10.5 Å². The molecule has 0 unspecified atom stereocenters. The van der Waals surface area contributed by atoms with E-state index in [1.807, 2.05) is 38.1 Å². The first-order valence-corrected chi connectivity index (χ1v) is 7.70. The first-order valence-electron chi connectivity index (χ1n) is 7.32. The number of urea groups is 1. The van der Waals surface area contributed by atoms with Crippen LogP contribution in [-0.4, -0.2) is 22.6 Å². The van der Waals surface area contributed by atoms with E-state index in [1.165, 1.54) is 0 Å². The molecule has 6 heteroatoms. The largest absolute Gasteiger partial charge is 0.359 e. The van der Waals surface area contributed by atoms with E-state index in [9.17, 15) is 4.79 Å². The van der Waals surface area contributed by atoms with Gasteiger partial charge in [0.2, 0.25) is 0 Å². The summed E-state index contributed by atoms with van der Waals surface area (Å²) < 4.78 is 5.33. The van der Waals surface area contributed by atoms with Crippen LogP contribution >= 0.6 is 11.6 Å². The molecular weight excluding hydrogens is 302 g/mol. The van der Waals surface area contributed by atoms with Gasteiger partial charge in [0, 0.05) is 23.3 Å². The molecule has 1 atom stereocenters. The van der Waals surface area contributed by atoms with Crippen LogP contribution < -0.4 is 5.32 Å². The third-order valence-electron chi connectivity index (χ3n) is 4.00. The Bertz CT molecular complexity index is 698. The van der Waals surface area contributed by atoms with Crippen LogP contribution in [0.2, 0.25) is 5.02 Å². The number of anilines is 1. The van der Waals surface area contributed by atoms with Gasteiger partial charge in [-0.2, -0.15) is 0 Å². The zero-order chi connectivity index (χ0) is 15.7. The van der Waals surface area contributed by atoms with Gasteiger partial charge in [-0.3, -0.25) is 0 Å². The number of rotatable bonds is 2. The van der Waals surface area contributed by atoms with E-state index in [0.717, 1.165) is 35.5 Å². The third-order valence-corrected chi connectivity index (χ3v) is 4.41. The molecular formula is C16H18ClN3O2. The molecule has 1 aliphatic heterocycles. The average molecular weight is 320 g/mol. The van der Waals surface area contributed by atoms with Crippen molar-refractivity contribution < 1.29 is 9.32 Å². The van der Waals surface area contributed by atoms with Crippen LogP contribution in [0.3, 0.4) is 0 Å². The smallest absolute Gasteiger partial charge is 0.322 e. The molecule has 2 heterocycles. The van der Waals surface area contributed by atoms with Crippen molar-refractivity contribution in [2.24, 2.45) is 0 Å². The van der Waals surface area contributed by atoms with Crippen molar-refractivity contribution in [3.63, 3.8) is 0 Å². The van der Waals surface area contributed by atoms with Gasteiger partial charge in [-0.25, -0.2) is 4.79 Å². The molecule has 1 aliphatic rings. The zero-order valence-electron chi connectivity index (χ0n) is 12.6. The maximum atomic E-state index is 12.6. The highest BCUT2D eigenvalue weighted by Gasteiger charge is 2.32. The molecule has 1 fully saturated rings. The van der Waals surface area contributed by atoms with Crippen LogP contribution in [0.25, 0.3) is 0 Å². The van der Waals surface area contributed by atoms with Gasteiger partial charge in [-0.15, -0.1) is 0 Å². The summed E-state index contributed by atoms with van der Waals surface area (Å²) in [6, 6.07) is 7.18. The molecule has 5 nitrogen and oxygen atoms in total. The number of halogens is 1. The number of aryl methyl sites for hydroxylation is 1. The standard InChI is InChI=1S/C16H18ClN3O2/c1-10-9-15(22-19-10)14-7-4-8-20(14)16(21)18-13-6-3-5-12(17)11(13)2/h3,5-6,9,14H,4,7-8H2,1-2H3,(H,18,21)/t14-/m0/s1. The summed E-state index contributed by atoms with van der Waals surface area (Å²) in [5.41, 5.74) is 2.42. The Labute approximate surface area is 134 Å². The van der Waals surface area contributed by atoms with Gasteiger partial charge >= 0.3 is 6.03 Å². The molecule has 1 aromatic heterocycles. The highest BCUT2D eigenvalue weighted by molar-refractivity contribution is 6.31. The lowest BCUT2D eigenvalue weighted by Crippen LogP contribution is -2.34. The van der Waals surface area contributed by atoms with Gasteiger partial charge < -0.3 is 14.7 Å². The highest BCUT2D eigenvalue weighted by Crippen LogP contribution is 2.33. The molecule has 1 N–H and O–H groups in total. The SMILES string of the molecule is Cc1cc([C@@H]2CCCN2C(=O)Nc2cccc(Cl)c2C)on1. The first-order chi connectivity index (χ1) is 10.6. The molecule has 0 bridgehead atoms. The lowest BCUT2D eigenvalue weighted by atomic mass is 10.1. The Balaban J connectivity index is 1.78. The van der Waals surface area contributed by atoms with E-state index in [0.29, 0.717) is 11.6 Å². The van der Waals surface area contributed by atoms with Gasteiger partial charge in [0.15, 0.2) is 5.76 Å². The van der Waals surface area contributed by atoms with Crippen LogP contribution in [0.15, 0.2) is 28.8 Å². The molecule has 116 valence electrons. The Morgan fingerprint density at radius 2 is 2.27 bits per heavy atom. The molecule has 3 rings (SSSR count). The predicted molar refractivity (Wildman–Crippen MR) is 85.1 cm³/mol. The quantitative estimate of drug-likeness (QED) is 0.897. The lowest BCUT2D eigenvalue weighted by Gasteiger charge is -2.23. The minimum atomic E-state index is -0.137. The van der Waals surface area contributed by atoms with Crippen LogP contribution in [0.5, 0.6) is 0 Å². The number of hydrogen-bond donors (Lipinski definition) is 1. The van der Waals surface area contributed by atoms with E-state index >= 15 is 0 Å². The Hall–Kier alpha value is -2.01. The molecule has 0 aliphatic carbocycles. The van der Waals surface area contributed by atoms with E-state index in [1.54, 1.807) is 4.90 Å². The third kappa shape index (κ3) is 2.81. The van der Waals surface area contributed by atoms with Crippen molar-refractivity contribution in [3.8, 4) is 0 Å². The number of carbonyl (C=O) groups excluding carboxylic acids is 1. The molecule has 1 saturated heterocycles. The maximum absolute atomic E-state index is 12.6. The summed E-state index contributed by atoms with van der Waals surface area (Å²) in [5, 5.41) is 7.49. The molecule has 2 aromatic rings. The lowest BCUT2D eigenvalue weighted by molar-refractivity contribution is 0.195. The summed E-state index contributed by atoms with van der Waals surface area (Å²) in [7, 11) is 0. The van der Waals surface area contributed by atoms with Crippen molar-refractivity contribution in [2.45, 2.75) is 32.7 Å². The molecule has 0 spiro atoms. The monoisotopic (exact) mass is 319 g/mol. The fraction of sp³-hybridized carbons (Fsp3) is 0.375. The second-order valence-electron chi connectivity index (χ2n) is 5.56. The van der Waals surface area contributed by atoms with Crippen molar-refractivity contribution in [3.05, 3.63) is 46.3 Å². The fourth-order valence-electron chi connectivity index (χ4n) is 2.78. The summed E-state index contributed by atoms with van der Waals surface area (Å²) >= 11 is 6.10. The van der Waals surface area contributed by atoms with Gasteiger partial charge in [0.25, 0.3) is 0 Å². The number of likely N-dealkylation sites (tertiary alicyclic amines) is 1. The Morgan fingerprint density at radius 1 is 1.45 bits per heavy atom. The molecule has 1 aromatic carbocycles. The van der Waals surface area contributed by atoms with Crippen molar-refractivity contribution >= 4 is 23.3 Å². The Kier molecular flexibility index (Phi) is 4.07. The predicted octanol–water partition coefficient (Wildman–Crippen LogP) is 4.31. The second-order valence-corrected chi connectivity index (χ2v) is 5.97. The second kappa shape index (κ2) is 6.01. The molecule has 0 radical (unpaired) electrons. The van der Waals surface area contributed by atoms with E-state index in [4.69, 9.17) is 16.1 Å². The van der Waals surface area contributed by atoms with Crippen molar-refractivity contribution in [2.75, 3.05) is 11.9 Å². The maximum Gasteiger partial charge on any atom is 0.322 e. The number of nitrogens with one attached hydrogen (secondary N) is 1. The minimum Gasteiger partial charge on any atom is -0.359 e. The first kappa shape index (κ1) is 14.9. The molecule has 2 amide bonds. The van der Waals surface area contributed by atoms with Crippen LogP contribution in [0, 0.1) is 13.8 Å². The van der Waals surface area contributed by atoms with Gasteiger partial charge in [0.05, 0.1) is 11.7 Å². The van der Waals surface area contributed by atoms with Crippen LogP contribution in [-0.2, 0) is 0 Å². The summed E-state index contributed by atoms with van der Waals surface area (Å²) in [5.74, 6) is 0.743. The summed E-state index contributed by atoms with van der Waals surface area (Å²) in [6.07, 6.45) is 1.84. The normalized spacial score (nSPS) is 17.8. The van der Waals surface area contributed by atoms with E-state index < -0.39 is 0 Å².